The Kier molecular flexibility index (Phi) is 7.10. The van der Waals surface area contributed by atoms with Gasteiger partial charge < -0.3 is 10.1 Å². The number of methoxy groups -OCH3 is 1. The summed E-state index contributed by atoms with van der Waals surface area (Å²) in [5, 5.41) is 3.02. The molecule has 0 aromatic heterocycles. The number of hydrogen-bond acceptors (Lipinski definition) is 4. The van der Waals surface area contributed by atoms with Crippen molar-refractivity contribution in [3.8, 4) is 5.75 Å². The summed E-state index contributed by atoms with van der Waals surface area (Å²) in [4.78, 5) is 12.7. The zero-order chi connectivity index (χ0) is 21.7. The summed E-state index contributed by atoms with van der Waals surface area (Å²) in [5.41, 5.74) is 1.44. The Hall–Kier alpha value is -2.45. The number of rotatable bonds is 7. The van der Waals surface area contributed by atoms with Crippen LogP contribution < -0.4 is 10.1 Å². The molecule has 162 valence electrons. The van der Waals surface area contributed by atoms with Crippen LogP contribution in [0.2, 0.25) is 0 Å². The Balaban J connectivity index is 1.55. The Labute approximate surface area is 177 Å². The van der Waals surface area contributed by atoms with E-state index in [0.29, 0.717) is 37.2 Å². The molecule has 6 nitrogen and oxygen atoms in total. The molecule has 1 atom stereocenters. The summed E-state index contributed by atoms with van der Waals surface area (Å²) in [6.45, 7) is 2.49. The maximum absolute atomic E-state index is 13.0. The molecular weight excluding hydrogens is 407 g/mol. The fourth-order valence-corrected chi connectivity index (χ4v) is 5.28. The number of hydrogen-bond donors (Lipinski definition) is 1. The van der Waals surface area contributed by atoms with E-state index in [1.165, 1.54) is 28.6 Å². The van der Waals surface area contributed by atoms with Crippen molar-refractivity contribution in [1.82, 2.24) is 9.62 Å². The zero-order valence-electron chi connectivity index (χ0n) is 17.2. The van der Waals surface area contributed by atoms with Crippen molar-refractivity contribution in [2.45, 2.75) is 31.6 Å². The summed E-state index contributed by atoms with van der Waals surface area (Å²) in [5.74, 6) is -0.171. The molecule has 2 aromatic carbocycles. The van der Waals surface area contributed by atoms with Crippen LogP contribution >= 0.6 is 0 Å². The Morgan fingerprint density at radius 1 is 1.17 bits per heavy atom. The smallest absolute Gasteiger partial charge is 0.223 e. The molecule has 1 fully saturated rings. The first-order valence-corrected chi connectivity index (χ1v) is 11.6. The second-order valence-corrected chi connectivity index (χ2v) is 9.50. The van der Waals surface area contributed by atoms with E-state index in [2.05, 4.69) is 5.32 Å². The van der Waals surface area contributed by atoms with E-state index in [1.54, 1.807) is 7.11 Å². The third-order valence-corrected chi connectivity index (χ3v) is 7.29. The predicted octanol–water partition coefficient (Wildman–Crippen LogP) is 3.25. The number of carbonyl (C=O) groups is 1. The second-order valence-electron chi connectivity index (χ2n) is 7.53. The molecule has 0 saturated carbocycles. The highest BCUT2D eigenvalue weighted by Gasteiger charge is 2.31. The highest BCUT2D eigenvalue weighted by molar-refractivity contribution is 7.88. The number of amides is 1. The molecule has 1 aliphatic rings. The monoisotopic (exact) mass is 434 g/mol. The Morgan fingerprint density at radius 3 is 2.43 bits per heavy atom. The van der Waals surface area contributed by atoms with Gasteiger partial charge in [-0.15, -0.1) is 0 Å². The molecule has 30 heavy (non-hydrogen) atoms. The van der Waals surface area contributed by atoms with Gasteiger partial charge in [-0.1, -0.05) is 30.3 Å². The first kappa shape index (κ1) is 22.2. The summed E-state index contributed by atoms with van der Waals surface area (Å²) >= 11 is 0. The molecule has 0 aliphatic carbocycles. The number of ether oxygens (including phenoxy) is 1. The molecule has 1 heterocycles. The first-order chi connectivity index (χ1) is 14.3. The predicted molar refractivity (Wildman–Crippen MR) is 113 cm³/mol. The van der Waals surface area contributed by atoms with Crippen LogP contribution in [-0.2, 0) is 20.6 Å². The molecule has 1 amide bonds. The lowest BCUT2D eigenvalue weighted by Gasteiger charge is -2.31. The summed E-state index contributed by atoms with van der Waals surface area (Å²) in [6.07, 6.45) is 0.931. The normalized spacial score (nSPS) is 16.8. The average Bonchev–Trinajstić information content (AvgIpc) is 2.75. The molecule has 1 unspecified atom stereocenters. The van der Waals surface area contributed by atoms with Crippen molar-refractivity contribution in [2.75, 3.05) is 20.2 Å². The number of carbonyl (C=O) groups excluding carboxylic acids is 1. The maximum Gasteiger partial charge on any atom is 0.223 e. The second kappa shape index (κ2) is 9.57. The van der Waals surface area contributed by atoms with Crippen LogP contribution in [0.5, 0.6) is 5.75 Å². The van der Waals surface area contributed by atoms with Crippen LogP contribution in [0, 0.1) is 11.7 Å². The molecule has 0 spiro atoms. The number of nitrogens with one attached hydrogen (secondary N) is 1. The average molecular weight is 435 g/mol. The van der Waals surface area contributed by atoms with Crippen molar-refractivity contribution in [3.05, 3.63) is 65.5 Å². The molecule has 3 rings (SSSR count). The van der Waals surface area contributed by atoms with Gasteiger partial charge in [0.05, 0.1) is 18.9 Å². The van der Waals surface area contributed by atoms with E-state index in [4.69, 9.17) is 4.74 Å². The lowest BCUT2D eigenvalue weighted by Crippen LogP contribution is -2.43. The van der Waals surface area contributed by atoms with Crippen molar-refractivity contribution in [1.29, 1.82) is 0 Å². The number of nitrogens with zero attached hydrogens (tertiary/aromatic N) is 1. The van der Waals surface area contributed by atoms with Gasteiger partial charge in [0.2, 0.25) is 15.9 Å². The van der Waals surface area contributed by atoms with E-state index in [9.17, 15) is 17.6 Å². The summed E-state index contributed by atoms with van der Waals surface area (Å²) < 4.78 is 45.1. The molecule has 0 radical (unpaired) electrons. The third-order valence-electron chi connectivity index (χ3n) is 5.44. The van der Waals surface area contributed by atoms with E-state index in [1.807, 2.05) is 31.2 Å². The van der Waals surface area contributed by atoms with Gasteiger partial charge >= 0.3 is 0 Å². The van der Waals surface area contributed by atoms with Gasteiger partial charge in [0, 0.05) is 24.6 Å². The summed E-state index contributed by atoms with van der Waals surface area (Å²) in [7, 11) is -1.92. The number of para-hydroxylation sites is 1. The summed E-state index contributed by atoms with van der Waals surface area (Å²) in [6, 6.07) is 12.8. The standard InChI is InChI=1S/C22H27FN2O4S/c1-16(20-5-3-4-6-21(20)29-2)24-22(26)18-11-13-25(14-12-18)30(27,28)15-17-7-9-19(23)10-8-17/h3-10,16,18H,11-15H2,1-2H3,(H,24,26). The lowest BCUT2D eigenvalue weighted by molar-refractivity contribution is -0.126. The molecule has 1 N–H and O–H groups in total. The number of halogens is 1. The van der Waals surface area contributed by atoms with Crippen LogP contribution in [0.25, 0.3) is 0 Å². The van der Waals surface area contributed by atoms with Crippen molar-refractivity contribution < 1.29 is 22.3 Å². The number of piperidine rings is 1. The highest BCUT2D eigenvalue weighted by Crippen LogP contribution is 2.26. The zero-order valence-corrected chi connectivity index (χ0v) is 18.0. The van der Waals surface area contributed by atoms with E-state index in [0.717, 1.165) is 5.56 Å². The van der Waals surface area contributed by atoms with Gasteiger partial charge in [0.1, 0.15) is 11.6 Å². The topological polar surface area (TPSA) is 75.7 Å². The molecule has 1 aliphatic heterocycles. The highest BCUT2D eigenvalue weighted by atomic mass is 32.2. The molecule has 2 aromatic rings. The largest absolute Gasteiger partial charge is 0.496 e. The quantitative estimate of drug-likeness (QED) is 0.726. The van der Waals surface area contributed by atoms with Crippen LogP contribution in [0.3, 0.4) is 0 Å². The molecular formula is C22H27FN2O4S. The van der Waals surface area contributed by atoms with Crippen LogP contribution in [0.4, 0.5) is 4.39 Å². The van der Waals surface area contributed by atoms with E-state index in [-0.39, 0.29) is 23.6 Å². The Morgan fingerprint density at radius 2 is 1.80 bits per heavy atom. The molecule has 1 saturated heterocycles. The maximum atomic E-state index is 13.0. The van der Waals surface area contributed by atoms with Gasteiger partial charge in [-0.05, 0) is 43.5 Å². The van der Waals surface area contributed by atoms with Gasteiger partial charge in [0.25, 0.3) is 0 Å². The molecule has 8 heteroatoms. The molecule has 0 bridgehead atoms. The fraction of sp³-hybridized carbons (Fsp3) is 0.409. The minimum absolute atomic E-state index is 0.0796. The number of benzene rings is 2. The first-order valence-electron chi connectivity index (χ1n) is 9.95. The van der Waals surface area contributed by atoms with Crippen molar-refractivity contribution in [2.24, 2.45) is 5.92 Å². The van der Waals surface area contributed by atoms with Crippen LogP contribution in [-0.4, -0.2) is 38.8 Å². The fourth-order valence-electron chi connectivity index (χ4n) is 3.71. The van der Waals surface area contributed by atoms with Gasteiger partial charge in [-0.25, -0.2) is 17.1 Å². The van der Waals surface area contributed by atoms with Crippen molar-refractivity contribution in [3.63, 3.8) is 0 Å². The van der Waals surface area contributed by atoms with E-state index < -0.39 is 15.8 Å². The van der Waals surface area contributed by atoms with Crippen molar-refractivity contribution >= 4 is 15.9 Å². The van der Waals surface area contributed by atoms with Gasteiger partial charge in [-0.3, -0.25) is 4.79 Å². The number of sulfonamides is 1. The Bertz CT molecular complexity index is 971. The lowest BCUT2D eigenvalue weighted by atomic mass is 9.96. The SMILES string of the molecule is COc1ccccc1C(C)NC(=O)C1CCN(S(=O)(=O)Cc2ccc(F)cc2)CC1. The van der Waals surface area contributed by atoms with Crippen LogP contribution in [0.1, 0.15) is 36.9 Å². The van der Waals surface area contributed by atoms with Gasteiger partial charge in [0.15, 0.2) is 0 Å². The van der Waals surface area contributed by atoms with Gasteiger partial charge in [-0.2, -0.15) is 0 Å². The minimum atomic E-state index is -3.51. The third kappa shape index (κ3) is 5.37. The minimum Gasteiger partial charge on any atom is -0.496 e. The van der Waals surface area contributed by atoms with Crippen LogP contribution in [0.15, 0.2) is 48.5 Å². The van der Waals surface area contributed by atoms with E-state index >= 15 is 0 Å².